The van der Waals surface area contributed by atoms with Crippen molar-refractivity contribution in [1.82, 2.24) is 9.55 Å². The molecule has 3 rings (SSSR count). The first-order valence-electron chi connectivity index (χ1n) is 6.15. The SMILES string of the molecule is Cc1csc(Cn2ccc3cc(/C(N)=N/O)ccc32)n1. The van der Waals surface area contributed by atoms with Crippen molar-refractivity contribution in [2.24, 2.45) is 10.9 Å². The molecule has 102 valence electrons. The number of hydrogen-bond acceptors (Lipinski definition) is 4. The number of oxime groups is 1. The second-order valence-electron chi connectivity index (χ2n) is 4.59. The number of hydrogen-bond donors (Lipinski definition) is 2. The van der Waals surface area contributed by atoms with Crippen LogP contribution in [0.1, 0.15) is 16.3 Å². The van der Waals surface area contributed by atoms with Gasteiger partial charge in [-0.05, 0) is 31.2 Å². The Balaban J connectivity index is 1.97. The molecule has 2 aromatic heterocycles. The van der Waals surface area contributed by atoms with Gasteiger partial charge in [0.2, 0.25) is 0 Å². The summed E-state index contributed by atoms with van der Waals surface area (Å²) in [4.78, 5) is 4.48. The van der Waals surface area contributed by atoms with E-state index in [2.05, 4.69) is 20.1 Å². The molecule has 0 saturated carbocycles. The number of nitrogens with zero attached hydrogens (tertiary/aromatic N) is 3. The summed E-state index contributed by atoms with van der Waals surface area (Å²) >= 11 is 1.66. The van der Waals surface area contributed by atoms with E-state index in [1.54, 1.807) is 11.3 Å². The molecule has 20 heavy (non-hydrogen) atoms. The number of aryl methyl sites for hydroxylation is 1. The maximum Gasteiger partial charge on any atom is 0.170 e. The fourth-order valence-corrected chi connectivity index (χ4v) is 2.95. The molecule has 2 heterocycles. The Morgan fingerprint density at radius 1 is 1.45 bits per heavy atom. The highest BCUT2D eigenvalue weighted by Gasteiger charge is 2.06. The van der Waals surface area contributed by atoms with Gasteiger partial charge in [-0.1, -0.05) is 5.16 Å². The van der Waals surface area contributed by atoms with E-state index in [0.717, 1.165) is 28.1 Å². The highest BCUT2D eigenvalue weighted by molar-refractivity contribution is 7.09. The normalized spacial score (nSPS) is 12.2. The molecule has 3 N–H and O–H groups in total. The van der Waals surface area contributed by atoms with E-state index in [9.17, 15) is 0 Å². The predicted octanol–water partition coefficient (Wildman–Crippen LogP) is 2.55. The van der Waals surface area contributed by atoms with Gasteiger partial charge in [-0.25, -0.2) is 4.98 Å². The van der Waals surface area contributed by atoms with Gasteiger partial charge in [-0.3, -0.25) is 0 Å². The van der Waals surface area contributed by atoms with Gasteiger partial charge in [0.25, 0.3) is 0 Å². The van der Waals surface area contributed by atoms with E-state index in [-0.39, 0.29) is 5.84 Å². The number of thiazole rings is 1. The van der Waals surface area contributed by atoms with Crippen LogP contribution in [0.25, 0.3) is 10.9 Å². The number of fused-ring (bicyclic) bond motifs is 1. The minimum Gasteiger partial charge on any atom is -0.409 e. The molecule has 0 saturated heterocycles. The first kappa shape index (κ1) is 12.7. The van der Waals surface area contributed by atoms with Crippen LogP contribution in [-0.4, -0.2) is 20.6 Å². The molecular weight excluding hydrogens is 272 g/mol. The van der Waals surface area contributed by atoms with Crippen molar-refractivity contribution in [2.45, 2.75) is 13.5 Å². The average molecular weight is 286 g/mol. The molecule has 0 bridgehead atoms. The molecule has 0 aliphatic heterocycles. The van der Waals surface area contributed by atoms with Crippen LogP contribution in [0.2, 0.25) is 0 Å². The van der Waals surface area contributed by atoms with Gasteiger partial charge in [0.15, 0.2) is 5.84 Å². The Kier molecular flexibility index (Phi) is 3.15. The van der Waals surface area contributed by atoms with Crippen LogP contribution >= 0.6 is 11.3 Å². The summed E-state index contributed by atoms with van der Waals surface area (Å²) in [5.41, 5.74) is 8.47. The lowest BCUT2D eigenvalue weighted by Crippen LogP contribution is -2.12. The molecule has 0 aliphatic carbocycles. The number of benzene rings is 1. The van der Waals surface area contributed by atoms with Crippen molar-refractivity contribution in [3.63, 3.8) is 0 Å². The number of rotatable bonds is 3. The monoisotopic (exact) mass is 286 g/mol. The van der Waals surface area contributed by atoms with Crippen LogP contribution in [-0.2, 0) is 6.54 Å². The van der Waals surface area contributed by atoms with E-state index >= 15 is 0 Å². The van der Waals surface area contributed by atoms with Crippen molar-refractivity contribution >= 4 is 28.1 Å². The molecule has 0 aliphatic rings. The van der Waals surface area contributed by atoms with E-state index < -0.39 is 0 Å². The van der Waals surface area contributed by atoms with Gasteiger partial charge in [0.05, 0.1) is 6.54 Å². The highest BCUT2D eigenvalue weighted by atomic mass is 32.1. The zero-order valence-corrected chi connectivity index (χ0v) is 11.8. The lowest BCUT2D eigenvalue weighted by atomic mass is 10.1. The molecular formula is C14H14N4OS. The van der Waals surface area contributed by atoms with Crippen LogP contribution in [0.5, 0.6) is 0 Å². The lowest BCUT2D eigenvalue weighted by molar-refractivity contribution is 0.318. The summed E-state index contributed by atoms with van der Waals surface area (Å²) in [6, 6.07) is 7.75. The summed E-state index contributed by atoms with van der Waals surface area (Å²) in [6.07, 6.45) is 2.03. The quantitative estimate of drug-likeness (QED) is 0.336. The summed E-state index contributed by atoms with van der Waals surface area (Å²) in [6.45, 7) is 2.75. The Bertz CT molecular complexity index is 787. The fourth-order valence-electron chi connectivity index (χ4n) is 2.18. The zero-order chi connectivity index (χ0) is 14.1. The summed E-state index contributed by atoms with van der Waals surface area (Å²) in [7, 11) is 0. The van der Waals surface area contributed by atoms with Crippen LogP contribution in [0.15, 0.2) is 41.0 Å². The summed E-state index contributed by atoms with van der Waals surface area (Å²) in [5, 5.41) is 15.9. The fraction of sp³-hybridized carbons (Fsp3) is 0.143. The minimum atomic E-state index is 0.121. The van der Waals surface area contributed by atoms with Crippen molar-refractivity contribution < 1.29 is 5.21 Å². The maximum atomic E-state index is 8.71. The molecule has 0 amide bonds. The van der Waals surface area contributed by atoms with Crippen LogP contribution in [0.4, 0.5) is 0 Å². The van der Waals surface area contributed by atoms with Gasteiger partial charge in [-0.15, -0.1) is 11.3 Å². The summed E-state index contributed by atoms with van der Waals surface area (Å²) in [5.74, 6) is 0.121. The third kappa shape index (κ3) is 2.25. The van der Waals surface area contributed by atoms with E-state index in [4.69, 9.17) is 10.9 Å². The molecule has 3 aromatic rings. The third-order valence-electron chi connectivity index (χ3n) is 3.15. The van der Waals surface area contributed by atoms with Gasteiger partial charge in [-0.2, -0.15) is 0 Å². The van der Waals surface area contributed by atoms with E-state index in [1.807, 2.05) is 37.4 Å². The molecule has 0 spiro atoms. The van der Waals surface area contributed by atoms with Gasteiger partial charge >= 0.3 is 0 Å². The standard InChI is InChI=1S/C14H14N4OS/c1-9-8-20-13(16-9)7-18-5-4-10-6-11(14(15)17-19)2-3-12(10)18/h2-6,8,19H,7H2,1H3,(H2,15,17). The Hall–Kier alpha value is -2.34. The van der Waals surface area contributed by atoms with Crippen LogP contribution in [0.3, 0.4) is 0 Å². The molecule has 0 fully saturated rings. The highest BCUT2D eigenvalue weighted by Crippen LogP contribution is 2.20. The van der Waals surface area contributed by atoms with Gasteiger partial charge in [0, 0.05) is 33.7 Å². The predicted molar refractivity (Wildman–Crippen MR) is 80.4 cm³/mol. The smallest absolute Gasteiger partial charge is 0.170 e. The molecule has 5 nitrogen and oxygen atoms in total. The largest absolute Gasteiger partial charge is 0.409 e. The molecule has 1 aromatic carbocycles. The summed E-state index contributed by atoms with van der Waals surface area (Å²) < 4.78 is 2.14. The third-order valence-corrected chi connectivity index (χ3v) is 4.10. The zero-order valence-electron chi connectivity index (χ0n) is 10.9. The Morgan fingerprint density at radius 3 is 3.00 bits per heavy atom. The Morgan fingerprint density at radius 2 is 2.30 bits per heavy atom. The van der Waals surface area contributed by atoms with Crippen molar-refractivity contribution in [3.8, 4) is 0 Å². The van der Waals surface area contributed by atoms with Gasteiger partial charge in [0.1, 0.15) is 5.01 Å². The van der Waals surface area contributed by atoms with Crippen LogP contribution in [0, 0.1) is 6.92 Å². The second kappa shape index (κ2) is 4.97. The van der Waals surface area contributed by atoms with Crippen molar-refractivity contribution in [3.05, 3.63) is 52.1 Å². The Labute approximate surface area is 120 Å². The van der Waals surface area contributed by atoms with Gasteiger partial charge < -0.3 is 15.5 Å². The number of aromatic nitrogens is 2. The lowest BCUT2D eigenvalue weighted by Gasteiger charge is -2.04. The number of nitrogens with two attached hydrogens (primary N) is 1. The molecule has 0 atom stereocenters. The number of amidine groups is 1. The maximum absolute atomic E-state index is 8.71. The minimum absolute atomic E-state index is 0.121. The average Bonchev–Trinajstić information content (AvgIpc) is 3.05. The second-order valence-corrected chi connectivity index (χ2v) is 5.53. The van der Waals surface area contributed by atoms with Crippen molar-refractivity contribution in [2.75, 3.05) is 0 Å². The molecule has 0 unspecified atom stereocenters. The first-order chi connectivity index (χ1) is 9.67. The van der Waals surface area contributed by atoms with E-state index in [1.165, 1.54) is 0 Å². The van der Waals surface area contributed by atoms with Crippen LogP contribution < -0.4 is 5.73 Å². The topological polar surface area (TPSA) is 76.4 Å². The van der Waals surface area contributed by atoms with E-state index in [0.29, 0.717) is 5.56 Å². The first-order valence-corrected chi connectivity index (χ1v) is 7.03. The molecule has 0 radical (unpaired) electrons. The van der Waals surface area contributed by atoms with Crippen molar-refractivity contribution in [1.29, 1.82) is 0 Å². The molecule has 6 heteroatoms.